The summed E-state index contributed by atoms with van der Waals surface area (Å²) in [5, 5.41) is 3.06. The molecule has 1 N–H and O–H groups in total. The van der Waals surface area contributed by atoms with E-state index in [1.165, 1.54) is 4.57 Å². The van der Waals surface area contributed by atoms with Gasteiger partial charge in [-0.05, 0) is 12.8 Å². The maximum Gasteiger partial charge on any atom is 0.449 e. The molecule has 0 spiro atoms. The summed E-state index contributed by atoms with van der Waals surface area (Å²) in [6, 6.07) is 0. The Bertz CT molecular complexity index is 457. The van der Waals surface area contributed by atoms with Crippen LogP contribution in [0.3, 0.4) is 0 Å². The van der Waals surface area contributed by atoms with Crippen molar-refractivity contribution in [2.75, 3.05) is 19.8 Å². The van der Waals surface area contributed by atoms with Crippen LogP contribution in [0.25, 0.3) is 0 Å². The largest absolute Gasteiger partial charge is 0.449 e. The van der Waals surface area contributed by atoms with Gasteiger partial charge in [0, 0.05) is 45.0 Å². The van der Waals surface area contributed by atoms with E-state index in [2.05, 4.69) is 17.2 Å². The molecule has 7 heteroatoms. The van der Waals surface area contributed by atoms with E-state index in [0.29, 0.717) is 51.4 Å². The molecule has 1 aliphatic rings. The van der Waals surface area contributed by atoms with Crippen LogP contribution in [0.5, 0.6) is 0 Å². The average Bonchev–Trinajstić information content (AvgIpc) is 2.82. The number of imidazole rings is 1. The number of fused-ring (bicyclic) bond motifs is 1. The van der Waals surface area contributed by atoms with Crippen molar-refractivity contribution in [3.05, 3.63) is 17.2 Å². The van der Waals surface area contributed by atoms with E-state index in [1.807, 2.05) is 0 Å². The molecule has 0 unspecified atom stereocenters. The second-order valence-electron chi connectivity index (χ2n) is 5.22. The number of alkyl halides is 3. The predicted octanol–water partition coefficient (Wildman–Crippen LogP) is 2.75. The molecule has 0 saturated heterocycles. The minimum absolute atomic E-state index is 0.309. The monoisotopic (exact) mass is 305 g/mol. The van der Waals surface area contributed by atoms with Crippen LogP contribution in [-0.4, -0.2) is 29.3 Å². The lowest BCUT2D eigenvalue weighted by molar-refractivity contribution is -0.147. The number of rotatable bonds is 7. The average molecular weight is 305 g/mol. The van der Waals surface area contributed by atoms with Crippen LogP contribution in [0.2, 0.25) is 0 Å². The van der Waals surface area contributed by atoms with Gasteiger partial charge in [-0.15, -0.1) is 0 Å². The van der Waals surface area contributed by atoms with Gasteiger partial charge in [-0.1, -0.05) is 13.3 Å². The quantitative estimate of drug-likeness (QED) is 0.787. The fraction of sp³-hybridized carbons (Fsp3) is 0.786. The van der Waals surface area contributed by atoms with Gasteiger partial charge in [0.15, 0.2) is 0 Å². The fourth-order valence-electron chi connectivity index (χ4n) is 2.50. The zero-order valence-corrected chi connectivity index (χ0v) is 12.3. The van der Waals surface area contributed by atoms with E-state index in [0.717, 1.165) is 18.5 Å². The van der Waals surface area contributed by atoms with Gasteiger partial charge < -0.3 is 14.6 Å². The van der Waals surface area contributed by atoms with E-state index in [-0.39, 0.29) is 0 Å². The lowest BCUT2D eigenvalue weighted by Crippen LogP contribution is -2.25. The molecule has 0 atom stereocenters. The van der Waals surface area contributed by atoms with Crippen molar-refractivity contribution in [2.45, 2.75) is 51.9 Å². The molecule has 2 heterocycles. The van der Waals surface area contributed by atoms with Gasteiger partial charge in [-0.25, -0.2) is 4.98 Å². The van der Waals surface area contributed by atoms with Crippen molar-refractivity contribution in [1.29, 1.82) is 0 Å². The smallest absolute Gasteiger partial charge is 0.381 e. The van der Waals surface area contributed by atoms with Crippen LogP contribution in [0.4, 0.5) is 13.2 Å². The van der Waals surface area contributed by atoms with Crippen molar-refractivity contribution >= 4 is 0 Å². The highest BCUT2D eigenvalue weighted by Crippen LogP contribution is 2.31. The molecule has 0 aromatic carbocycles. The second kappa shape index (κ2) is 7.26. The molecule has 1 aromatic rings. The Balaban J connectivity index is 2.01. The number of hydrogen-bond donors (Lipinski definition) is 1. The summed E-state index contributed by atoms with van der Waals surface area (Å²) in [6.07, 6.45) is -1.20. The third-order valence-electron chi connectivity index (χ3n) is 3.55. The first kappa shape index (κ1) is 16.3. The molecule has 0 fully saturated rings. The Morgan fingerprint density at radius 3 is 2.76 bits per heavy atom. The Labute approximate surface area is 122 Å². The van der Waals surface area contributed by atoms with Crippen LogP contribution >= 0.6 is 0 Å². The molecular weight excluding hydrogens is 283 g/mol. The Morgan fingerprint density at radius 1 is 1.29 bits per heavy atom. The van der Waals surface area contributed by atoms with E-state index in [1.54, 1.807) is 0 Å². The predicted molar refractivity (Wildman–Crippen MR) is 73.0 cm³/mol. The van der Waals surface area contributed by atoms with Gasteiger partial charge in [0.2, 0.25) is 5.82 Å². The van der Waals surface area contributed by atoms with E-state index < -0.39 is 12.0 Å². The molecule has 2 rings (SSSR count). The van der Waals surface area contributed by atoms with E-state index in [4.69, 9.17) is 4.74 Å². The zero-order valence-electron chi connectivity index (χ0n) is 12.3. The third-order valence-corrected chi connectivity index (χ3v) is 3.55. The summed E-state index contributed by atoms with van der Waals surface area (Å²) in [6.45, 7) is 4.66. The highest BCUT2D eigenvalue weighted by Gasteiger charge is 2.38. The SMILES string of the molecule is CCCCOCCCn1c(C(F)(F)F)nc2c1CCNC2. The minimum atomic E-state index is -4.40. The minimum Gasteiger partial charge on any atom is -0.381 e. The van der Waals surface area contributed by atoms with Crippen LogP contribution in [0, 0.1) is 0 Å². The number of nitrogens with zero attached hydrogens (tertiary/aromatic N) is 2. The molecule has 0 amide bonds. The van der Waals surface area contributed by atoms with Crippen LogP contribution in [0.15, 0.2) is 0 Å². The van der Waals surface area contributed by atoms with E-state index in [9.17, 15) is 13.2 Å². The first-order chi connectivity index (χ1) is 10.0. The number of aromatic nitrogens is 2. The molecule has 0 radical (unpaired) electrons. The first-order valence-electron chi connectivity index (χ1n) is 7.48. The van der Waals surface area contributed by atoms with Crippen LogP contribution < -0.4 is 5.32 Å². The molecule has 1 aliphatic heterocycles. The second-order valence-corrected chi connectivity index (χ2v) is 5.22. The first-order valence-corrected chi connectivity index (χ1v) is 7.48. The number of hydrogen-bond acceptors (Lipinski definition) is 3. The Kier molecular flexibility index (Phi) is 5.64. The number of ether oxygens (including phenoxy) is 1. The van der Waals surface area contributed by atoms with Gasteiger partial charge in [0.05, 0.1) is 5.69 Å². The van der Waals surface area contributed by atoms with Crippen molar-refractivity contribution in [3.63, 3.8) is 0 Å². The van der Waals surface area contributed by atoms with E-state index >= 15 is 0 Å². The molecule has 120 valence electrons. The molecule has 21 heavy (non-hydrogen) atoms. The highest BCUT2D eigenvalue weighted by molar-refractivity contribution is 5.21. The van der Waals surface area contributed by atoms with Gasteiger partial charge in [0.1, 0.15) is 0 Å². The Morgan fingerprint density at radius 2 is 2.05 bits per heavy atom. The summed E-state index contributed by atoms with van der Waals surface area (Å²) < 4.78 is 46.0. The molecular formula is C14H22F3N3O. The van der Waals surface area contributed by atoms with Gasteiger partial charge in [-0.3, -0.25) is 0 Å². The van der Waals surface area contributed by atoms with Crippen LogP contribution in [0.1, 0.15) is 43.4 Å². The topological polar surface area (TPSA) is 39.1 Å². The maximum atomic E-state index is 13.1. The fourth-order valence-corrected chi connectivity index (χ4v) is 2.50. The molecule has 0 bridgehead atoms. The number of unbranched alkanes of at least 4 members (excludes halogenated alkanes) is 1. The molecule has 4 nitrogen and oxygen atoms in total. The highest BCUT2D eigenvalue weighted by atomic mass is 19.4. The summed E-state index contributed by atoms with van der Waals surface area (Å²) in [4.78, 5) is 3.78. The van der Waals surface area contributed by atoms with Crippen molar-refractivity contribution in [2.24, 2.45) is 0 Å². The lowest BCUT2D eigenvalue weighted by atomic mass is 10.2. The van der Waals surface area contributed by atoms with Crippen LogP contribution in [-0.2, 0) is 30.4 Å². The number of nitrogens with one attached hydrogen (secondary N) is 1. The molecule has 0 saturated carbocycles. The summed E-state index contributed by atoms with van der Waals surface area (Å²) in [5.41, 5.74) is 1.25. The number of halogens is 3. The molecule has 1 aromatic heterocycles. The summed E-state index contributed by atoms with van der Waals surface area (Å²) >= 11 is 0. The normalized spacial score (nSPS) is 15.2. The lowest BCUT2D eigenvalue weighted by Gasteiger charge is -2.16. The van der Waals surface area contributed by atoms with Gasteiger partial charge >= 0.3 is 6.18 Å². The summed E-state index contributed by atoms with van der Waals surface area (Å²) in [7, 11) is 0. The van der Waals surface area contributed by atoms with Crippen molar-refractivity contribution < 1.29 is 17.9 Å². The van der Waals surface area contributed by atoms with Gasteiger partial charge in [-0.2, -0.15) is 13.2 Å². The van der Waals surface area contributed by atoms with Crippen molar-refractivity contribution in [1.82, 2.24) is 14.9 Å². The standard InChI is InChI=1S/C14H22F3N3O/c1-2-3-8-21-9-4-7-20-12-5-6-18-10-11(12)19-13(20)14(15,16)17/h18H,2-10H2,1H3. The maximum absolute atomic E-state index is 13.1. The summed E-state index contributed by atoms with van der Waals surface area (Å²) in [5.74, 6) is -0.773. The zero-order chi connectivity index (χ0) is 15.3. The molecule has 0 aliphatic carbocycles. The van der Waals surface area contributed by atoms with Crippen molar-refractivity contribution in [3.8, 4) is 0 Å². The Hall–Kier alpha value is -1.08. The van der Waals surface area contributed by atoms with Gasteiger partial charge in [0.25, 0.3) is 0 Å². The third kappa shape index (κ3) is 4.20.